The van der Waals surface area contributed by atoms with E-state index in [1.807, 2.05) is 20.8 Å². The van der Waals surface area contributed by atoms with Crippen molar-refractivity contribution in [2.24, 2.45) is 0 Å². The predicted molar refractivity (Wildman–Crippen MR) is 91.4 cm³/mol. The average Bonchev–Trinajstić information content (AvgIpc) is 2.53. The summed E-state index contributed by atoms with van der Waals surface area (Å²) >= 11 is 0. The summed E-state index contributed by atoms with van der Waals surface area (Å²) in [5.74, 6) is 0. The number of carbonyl (C=O) groups excluding carboxylic acids is 1. The molecule has 0 aliphatic carbocycles. The molecule has 0 aromatic carbocycles. The first kappa shape index (κ1) is 21.2. The minimum absolute atomic E-state index is 0.555. The normalized spacial score (nSPS) is 23.5. The van der Waals surface area contributed by atoms with Crippen LogP contribution in [0.25, 0.3) is 0 Å². The first-order valence-corrected chi connectivity index (χ1v) is 9.58. The van der Waals surface area contributed by atoms with E-state index in [2.05, 4.69) is 6.92 Å². The molecule has 0 spiro atoms. The maximum atomic E-state index is 10.9. The molecule has 1 aliphatic rings. The van der Waals surface area contributed by atoms with Gasteiger partial charge in [-0.25, -0.2) is 9.78 Å². The van der Waals surface area contributed by atoms with Gasteiger partial charge < -0.3 is 14.6 Å². The Hall–Kier alpha value is -0.810. The van der Waals surface area contributed by atoms with E-state index >= 15 is 0 Å². The van der Waals surface area contributed by atoms with Crippen molar-refractivity contribution in [1.29, 1.82) is 0 Å². The molecule has 0 aromatic rings. The van der Waals surface area contributed by atoms with E-state index in [0.29, 0.717) is 6.42 Å². The second-order valence-corrected chi connectivity index (χ2v) is 7.61. The van der Waals surface area contributed by atoms with E-state index in [1.165, 1.54) is 51.4 Å². The van der Waals surface area contributed by atoms with Gasteiger partial charge in [-0.05, 0) is 27.2 Å². The molecule has 2 unspecified atom stereocenters. The Morgan fingerprint density at radius 1 is 0.917 bits per heavy atom. The quantitative estimate of drug-likeness (QED) is 0.279. The summed E-state index contributed by atoms with van der Waals surface area (Å²) in [6.07, 6.45) is 11.0. The monoisotopic (exact) mass is 343 g/mol. The Morgan fingerprint density at radius 3 is 1.79 bits per heavy atom. The van der Waals surface area contributed by atoms with Gasteiger partial charge in [0.1, 0.15) is 5.60 Å². The van der Waals surface area contributed by atoms with Crippen molar-refractivity contribution in [3.8, 4) is 0 Å². The van der Waals surface area contributed by atoms with Crippen LogP contribution in [0, 0.1) is 0 Å². The summed E-state index contributed by atoms with van der Waals surface area (Å²) in [5, 5.41) is 10.9. The van der Waals surface area contributed by atoms with E-state index in [9.17, 15) is 9.90 Å². The standard InChI is InChI=1S/C19H36O5/c1-5-6-7-8-9-10-11-12-13-14-15-16(22-17(20)21)19(4)18(2,3)23-24-19/h16H,5-15H2,1-4H3,(H,20,21)/p-1. The van der Waals surface area contributed by atoms with Gasteiger partial charge in [-0.3, -0.25) is 0 Å². The number of hydrogen-bond acceptors (Lipinski definition) is 5. The summed E-state index contributed by atoms with van der Waals surface area (Å²) in [6.45, 7) is 7.82. The molecule has 0 amide bonds. The fraction of sp³-hybridized carbons (Fsp3) is 0.947. The molecule has 1 heterocycles. The summed E-state index contributed by atoms with van der Waals surface area (Å²) in [7, 11) is 0. The topological polar surface area (TPSA) is 67.8 Å². The second-order valence-electron chi connectivity index (χ2n) is 7.61. The maximum Gasteiger partial charge on any atom is 0.252 e. The van der Waals surface area contributed by atoms with Crippen LogP contribution in [0.3, 0.4) is 0 Å². The number of unbranched alkanes of at least 4 members (excludes halogenated alkanes) is 9. The molecule has 5 nitrogen and oxygen atoms in total. The number of ether oxygens (including phenoxy) is 1. The Bertz CT molecular complexity index is 369. The van der Waals surface area contributed by atoms with Gasteiger partial charge in [0, 0.05) is 0 Å². The smallest absolute Gasteiger partial charge is 0.252 e. The highest BCUT2D eigenvalue weighted by molar-refractivity contribution is 5.54. The van der Waals surface area contributed by atoms with Crippen LogP contribution < -0.4 is 5.11 Å². The van der Waals surface area contributed by atoms with Crippen molar-refractivity contribution in [2.75, 3.05) is 0 Å². The van der Waals surface area contributed by atoms with Gasteiger partial charge in [0.05, 0.1) is 6.10 Å². The molecule has 0 bridgehead atoms. The molecule has 0 saturated carbocycles. The average molecular weight is 343 g/mol. The Labute approximate surface area is 147 Å². The van der Waals surface area contributed by atoms with Crippen LogP contribution in [-0.2, 0) is 14.5 Å². The highest BCUT2D eigenvalue weighted by atomic mass is 17.3. The van der Waals surface area contributed by atoms with Gasteiger partial charge in [-0.2, -0.15) is 0 Å². The van der Waals surface area contributed by atoms with E-state index in [4.69, 9.17) is 14.5 Å². The minimum Gasteiger partial charge on any atom is -0.543 e. The number of rotatable bonds is 13. The molecule has 1 aliphatic heterocycles. The van der Waals surface area contributed by atoms with Crippen LogP contribution in [0.15, 0.2) is 0 Å². The van der Waals surface area contributed by atoms with Crippen LogP contribution >= 0.6 is 0 Å². The molecule has 24 heavy (non-hydrogen) atoms. The molecule has 1 fully saturated rings. The van der Waals surface area contributed by atoms with Crippen molar-refractivity contribution in [3.05, 3.63) is 0 Å². The van der Waals surface area contributed by atoms with Crippen molar-refractivity contribution >= 4 is 6.16 Å². The van der Waals surface area contributed by atoms with Crippen LogP contribution in [0.5, 0.6) is 0 Å². The van der Waals surface area contributed by atoms with E-state index in [-0.39, 0.29) is 0 Å². The Morgan fingerprint density at radius 2 is 1.42 bits per heavy atom. The molecule has 0 radical (unpaired) electrons. The number of carboxylic acid groups (broad SMARTS) is 1. The maximum absolute atomic E-state index is 10.9. The summed E-state index contributed by atoms with van der Waals surface area (Å²) in [4.78, 5) is 21.2. The lowest BCUT2D eigenvalue weighted by atomic mass is 9.79. The zero-order chi connectivity index (χ0) is 18.1. The molecule has 1 rings (SSSR count). The predicted octanol–water partition coefficient (Wildman–Crippen LogP) is 4.53. The second kappa shape index (κ2) is 10.2. The van der Waals surface area contributed by atoms with Crippen LogP contribution in [0.1, 0.15) is 98.3 Å². The van der Waals surface area contributed by atoms with Gasteiger partial charge in [0.2, 0.25) is 0 Å². The van der Waals surface area contributed by atoms with Crippen molar-refractivity contribution in [2.45, 2.75) is 116 Å². The Kier molecular flexibility index (Phi) is 9.06. The molecule has 5 heteroatoms. The first-order valence-electron chi connectivity index (χ1n) is 9.58. The summed E-state index contributed by atoms with van der Waals surface area (Å²) in [6, 6.07) is 0. The SMILES string of the molecule is CCCCCCCCCCCCC(OC(=O)[O-])C1(C)OOC1(C)C. The molecule has 0 N–H and O–H groups in total. The van der Waals surface area contributed by atoms with Crippen molar-refractivity contribution in [3.63, 3.8) is 0 Å². The largest absolute Gasteiger partial charge is 0.543 e. The fourth-order valence-electron chi connectivity index (χ4n) is 3.16. The summed E-state index contributed by atoms with van der Waals surface area (Å²) in [5.41, 5.74) is -1.32. The third-order valence-electron chi connectivity index (χ3n) is 5.29. The molecule has 2 atom stereocenters. The lowest BCUT2D eigenvalue weighted by Crippen LogP contribution is -2.68. The molecule has 0 aromatic heterocycles. The van der Waals surface area contributed by atoms with Crippen molar-refractivity contribution < 1.29 is 24.4 Å². The zero-order valence-electron chi connectivity index (χ0n) is 15.9. The minimum atomic E-state index is -1.50. The molecular weight excluding hydrogens is 308 g/mol. The van der Waals surface area contributed by atoms with E-state index < -0.39 is 23.5 Å². The van der Waals surface area contributed by atoms with Gasteiger partial charge in [-0.1, -0.05) is 71.1 Å². The lowest BCUT2D eigenvalue weighted by Gasteiger charge is -2.55. The van der Waals surface area contributed by atoms with Crippen LogP contribution in [0.2, 0.25) is 0 Å². The first-order chi connectivity index (χ1) is 11.3. The molecule has 1 saturated heterocycles. The van der Waals surface area contributed by atoms with Gasteiger partial charge in [-0.15, -0.1) is 0 Å². The highest BCUT2D eigenvalue weighted by Gasteiger charge is 2.59. The third-order valence-corrected chi connectivity index (χ3v) is 5.29. The highest BCUT2D eigenvalue weighted by Crippen LogP contribution is 2.44. The van der Waals surface area contributed by atoms with Gasteiger partial charge in [0.15, 0.2) is 5.60 Å². The number of carbonyl (C=O) groups is 1. The van der Waals surface area contributed by atoms with Gasteiger partial charge in [0.25, 0.3) is 6.16 Å². The lowest BCUT2D eigenvalue weighted by molar-refractivity contribution is -0.554. The van der Waals surface area contributed by atoms with Crippen LogP contribution in [0.4, 0.5) is 4.79 Å². The third kappa shape index (κ3) is 6.25. The molecule has 142 valence electrons. The van der Waals surface area contributed by atoms with E-state index in [1.54, 1.807) is 0 Å². The molecular formula is C19H35O5-. The van der Waals surface area contributed by atoms with Crippen molar-refractivity contribution in [1.82, 2.24) is 0 Å². The number of hydrogen-bond donors (Lipinski definition) is 0. The fourth-order valence-corrected chi connectivity index (χ4v) is 3.16. The summed E-state index contributed by atoms with van der Waals surface area (Å²) < 4.78 is 4.98. The van der Waals surface area contributed by atoms with Gasteiger partial charge >= 0.3 is 0 Å². The zero-order valence-corrected chi connectivity index (χ0v) is 15.9. The van der Waals surface area contributed by atoms with Crippen LogP contribution in [-0.4, -0.2) is 23.5 Å². The van der Waals surface area contributed by atoms with E-state index in [0.717, 1.165) is 12.8 Å². The Balaban J connectivity index is 2.19.